The van der Waals surface area contributed by atoms with E-state index >= 15 is 0 Å². The quantitative estimate of drug-likeness (QED) is 0.441. The van der Waals surface area contributed by atoms with Gasteiger partial charge >= 0.3 is 5.97 Å². The Bertz CT molecular complexity index is 744. The zero-order valence-electron chi connectivity index (χ0n) is 14.2. The van der Waals surface area contributed by atoms with Crippen LogP contribution in [0.1, 0.15) is 37.0 Å². The number of hydrogen-bond donors (Lipinski definition) is 1. The summed E-state index contributed by atoms with van der Waals surface area (Å²) in [5.41, 5.74) is 0.758. The van der Waals surface area contributed by atoms with Crippen molar-refractivity contribution in [2.45, 2.75) is 26.7 Å². The Morgan fingerprint density at radius 2 is 1.84 bits per heavy atom. The average Bonchev–Trinajstić information content (AvgIpc) is 2.57. The van der Waals surface area contributed by atoms with E-state index in [1.807, 2.05) is 0 Å². The van der Waals surface area contributed by atoms with Crippen molar-refractivity contribution in [3.63, 3.8) is 0 Å². The first-order valence-corrected chi connectivity index (χ1v) is 8.39. The Labute approximate surface area is 151 Å². The van der Waals surface area contributed by atoms with Crippen LogP contribution in [0.25, 0.3) is 0 Å². The number of esters is 1. The smallest absolute Gasteiger partial charge is 0.343 e. The second-order valence-electron chi connectivity index (χ2n) is 5.44. The van der Waals surface area contributed by atoms with E-state index in [0.717, 1.165) is 12.8 Å². The molecular formula is C19H20ClNO4. The number of anilines is 1. The molecule has 1 amide bonds. The first-order chi connectivity index (χ1) is 12.0. The molecule has 0 atom stereocenters. The van der Waals surface area contributed by atoms with E-state index < -0.39 is 5.97 Å². The third-order valence-electron chi connectivity index (χ3n) is 3.31. The number of hydrogen-bond acceptors (Lipinski definition) is 4. The molecule has 0 bridgehead atoms. The van der Waals surface area contributed by atoms with Gasteiger partial charge in [0.2, 0.25) is 5.91 Å². The molecule has 0 saturated heterocycles. The minimum atomic E-state index is -0.547. The molecule has 2 aromatic carbocycles. The lowest BCUT2D eigenvalue weighted by atomic mass is 10.2. The van der Waals surface area contributed by atoms with Crippen molar-refractivity contribution in [3.05, 3.63) is 53.1 Å². The number of nitrogens with one attached hydrogen (secondary N) is 1. The van der Waals surface area contributed by atoms with Crippen molar-refractivity contribution < 1.29 is 19.1 Å². The van der Waals surface area contributed by atoms with Crippen LogP contribution in [0.2, 0.25) is 5.02 Å². The highest BCUT2D eigenvalue weighted by Crippen LogP contribution is 2.30. The van der Waals surface area contributed by atoms with Gasteiger partial charge < -0.3 is 14.8 Å². The molecule has 132 valence electrons. The molecule has 6 heteroatoms. The Morgan fingerprint density at radius 1 is 1.12 bits per heavy atom. The molecular weight excluding hydrogens is 342 g/mol. The second-order valence-corrected chi connectivity index (χ2v) is 5.87. The number of carbonyl (C=O) groups is 2. The molecule has 2 aromatic rings. The molecule has 25 heavy (non-hydrogen) atoms. The highest BCUT2D eigenvalue weighted by Gasteiger charge is 2.14. The average molecular weight is 362 g/mol. The molecule has 0 fully saturated rings. The standard InChI is InChI=1S/C19H20ClNO4/c1-3-4-11-24-16-9-10-17(21-13(2)22)18(12-16)25-19(23)14-5-7-15(20)8-6-14/h5-10,12H,3-4,11H2,1-2H3,(H,21,22). The molecule has 1 N–H and O–H groups in total. The summed E-state index contributed by atoms with van der Waals surface area (Å²) in [4.78, 5) is 23.7. The lowest BCUT2D eigenvalue weighted by Crippen LogP contribution is -2.12. The van der Waals surface area contributed by atoms with Gasteiger partial charge in [0.15, 0.2) is 5.75 Å². The summed E-state index contributed by atoms with van der Waals surface area (Å²) in [6, 6.07) is 11.3. The number of benzene rings is 2. The fourth-order valence-electron chi connectivity index (χ4n) is 2.05. The van der Waals surface area contributed by atoms with E-state index in [2.05, 4.69) is 12.2 Å². The summed E-state index contributed by atoms with van der Waals surface area (Å²) < 4.78 is 11.1. The number of unbranched alkanes of at least 4 members (excludes halogenated alkanes) is 1. The molecule has 0 unspecified atom stereocenters. The van der Waals surface area contributed by atoms with Crippen LogP contribution in [0, 0.1) is 0 Å². The van der Waals surface area contributed by atoms with Crippen molar-refractivity contribution in [1.29, 1.82) is 0 Å². The van der Waals surface area contributed by atoms with E-state index in [-0.39, 0.29) is 11.7 Å². The van der Waals surface area contributed by atoms with Crippen molar-refractivity contribution in [2.24, 2.45) is 0 Å². The monoisotopic (exact) mass is 361 g/mol. The zero-order chi connectivity index (χ0) is 18.2. The largest absolute Gasteiger partial charge is 0.493 e. The van der Waals surface area contributed by atoms with Crippen molar-refractivity contribution >= 4 is 29.2 Å². The zero-order valence-corrected chi connectivity index (χ0v) is 14.9. The van der Waals surface area contributed by atoms with Crippen LogP contribution < -0.4 is 14.8 Å². The number of ether oxygens (including phenoxy) is 2. The van der Waals surface area contributed by atoms with E-state index in [4.69, 9.17) is 21.1 Å². The second kappa shape index (κ2) is 9.08. The van der Waals surface area contributed by atoms with Crippen LogP contribution >= 0.6 is 11.6 Å². The van der Waals surface area contributed by atoms with E-state index in [9.17, 15) is 9.59 Å². The normalized spacial score (nSPS) is 10.2. The Hall–Kier alpha value is -2.53. The van der Waals surface area contributed by atoms with Gasteiger partial charge in [0.05, 0.1) is 17.9 Å². The maximum atomic E-state index is 12.3. The van der Waals surface area contributed by atoms with Crippen LogP contribution in [-0.2, 0) is 4.79 Å². The van der Waals surface area contributed by atoms with E-state index in [0.29, 0.717) is 28.6 Å². The first-order valence-electron chi connectivity index (χ1n) is 8.01. The number of amides is 1. The van der Waals surface area contributed by atoms with Crippen LogP contribution in [-0.4, -0.2) is 18.5 Å². The van der Waals surface area contributed by atoms with Gasteiger partial charge in [-0.2, -0.15) is 0 Å². The molecule has 0 radical (unpaired) electrons. The van der Waals surface area contributed by atoms with Gasteiger partial charge in [-0.25, -0.2) is 4.79 Å². The highest BCUT2D eigenvalue weighted by molar-refractivity contribution is 6.30. The van der Waals surface area contributed by atoms with Gasteiger partial charge in [0, 0.05) is 18.0 Å². The summed E-state index contributed by atoms with van der Waals surface area (Å²) in [7, 11) is 0. The maximum absolute atomic E-state index is 12.3. The topological polar surface area (TPSA) is 64.6 Å². The van der Waals surface area contributed by atoms with E-state index in [1.54, 1.807) is 42.5 Å². The maximum Gasteiger partial charge on any atom is 0.343 e. The van der Waals surface area contributed by atoms with Gasteiger partial charge in [-0.15, -0.1) is 0 Å². The van der Waals surface area contributed by atoms with Crippen LogP contribution in [0.5, 0.6) is 11.5 Å². The fourth-order valence-corrected chi connectivity index (χ4v) is 2.17. The van der Waals surface area contributed by atoms with E-state index in [1.165, 1.54) is 6.92 Å². The molecule has 0 saturated carbocycles. The highest BCUT2D eigenvalue weighted by atomic mass is 35.5. The molecule has 0 aliphatic carbocycles. The minimum Gasteiger partial charge on any atom is -0.493 e. The lowest BCUT2D eigenvalue weighted by Gasteiger charge is -2.13. The third kappa shape index (κ3) is 5.80. The lowest BCUT2D eigenvalue weighted by molar-refractivity contribution is -0.114. The summed E-state index contributed by atoms with van der Waals surface area (Å²) in [6.07, 6.45) is 1.94. The Kier molecular flexibility index (Phi) is 6.83. The van der Waals surface area contributed by atoms with Crippen LogP contribution in [0.3, 0.4) is 0 Å². The molecule has 0 heterocycles. The summed E-state index contributed by atoms with van der Waals surface area (Å²) in [5, 5.41) is 3.17. The van der Waals surface area contributed by atoms with Crippen molar-refractivity contribution in [3.8, 4) is 11.5 Å². The Morgan fingerprint density at radius 3 is 2.48 bits per heavy atom. The van der Waals surface area contributed by atoms with Gasteiger partial charge in [-0.05, 0) is 42.8 Å². The molecule has 5 nitrogen and oxygen atoms in total. The molecule has 0 aromatic heterocycles. The van der Waals surface area contributed by atoms with Gasteiger partial charge in [0.25, 0.3) is 0 Å². The predicted molar refractivity (Wildman–Crippen MR) is 97.6 cm³/mol. The molecule has 2 rings (SSSR count). The summed E-state index contributed by atoms with van der Waals surface area (Å²) in [6.45, 7) is 4.03. The Balaban J connectivity index is 2.21. The fraction of sp³-hybridized carbons (Fsp3) is 0.263. The number of halogens is 1. The SMILES string of the molecule is CCCCOc1ccc(NC(C)=O)c(OC(=O)c2ccc(Cl)cc2)c1. The van der Waals surface area contributed by atoms with Crippen molar-refractivity contribution in [2.75, 3.05) is 11.9 Å². The molecule has 0 spiro atoms. The minimum absolute atomic E-state index is 0.226. The van der Waals surface area contributed by atoms with Crippen LogP contribution in [0.4, 0.5) is 5.69 Å². The number of carbonyl (C=O) groups excluding carboxylic acids is 2. The van der Waals surface area contributed by atoms with Gasteiger partial charge in [-0.3, -0.25) is 4.79 Å². The van der Waals surface area contributed by atoms with Gasteiger partial charge in [0.1, 0.15) is 5.75 Å². The first kappa shape index (κ1) is 18.8. The number of rotatable bonds is 7. The van der Waals surface area contributed by atoms with Gasteiger partial charge in [-0.1, -0.05) is 24.9 Å². The third-order valence-corrected chi connectivity index (χ3v) is 3.56. The van der Waals surface area contributed by atoms with Crippen molar-refractivity contribution in [1.82, 2.24) is 0 Å². The predicted octanol–water partition coefficient (Wildman–Crippen LogP) is 4.70. The summed E-state index contributed by atoms with van der Waals surface area (Å²) >= 11 is 5.82. The summed E-state index contributed by atoms with van der Waals surface area (Å²) in [5.74, 6) is -0.0111. The molecule has 0 aliphatic rings. The van der Waals surface area contributed by atoms with Crippen LogP contribution in [0.15, 0.2) is 42.5 Å². The molecule has 0 aliphatic heterocycles.